The molecule has 0 amide bonds. The predicted molar refractivity (Wildman–Crippen MR) is 40.3 cm³/mol. The van der Waals surface area contributed by atoms with Gasteiger partial charge in [-0.1, -0.05) is 12.1 Å². The molecule has 0 saturated heterocycles. The molecule has 0 heterocycles. The van der Waals surface area contributed by atoms with Gasteiger partial charge in [0.05, 0.1) is 5.56 Å². The van der Waals surface area contributed by atoms with E-state index < -0.39 is 29.2 Å². The first-order valence-corrected chi connectivity index (χ1v) is 3.92. The first kappa shape index (κ1) is 16.3. The monoisotopic (exact) mass is 262 g/mol. The average Bonchev–Trinajstić information content (AvgIpc) is 2.16. The van der Waals surface area contributed by atoms with Gasteiger partial charge in [0.2, 0.25) is 0 Å². The molecule has 17 heavy (non-hydrogen) atoms. The molecule has 0 saturated carbocycles. The van der Waals surface area contributed by atoms with Crippen molar-refractivity contribution in [3.05, 3.63) is 35.4 Å². The van der Waals surface area contributed by atoms with Crippen LogP contribution in [-0.4, -0.2) is 5.97 Å². The van der Waals surface area contributed by atoms with Gasteiger partial charge in [-0.2, -0.15) is 22.0 Å². The van der Waals surface area contributed by atoms with Crippen LogP contribution in [0.4, 0.5) is 22.0 Å². The van der Waals surface area contributed by atoms with Crippen LogP contribution in [0.25, 0.3) is 0 Å². The minimum atomic E-state index is -4.66. The fourth-order valence-electron chi connectivity index (χ4n) is 0.986. The molecular formula is C9H4F5NaO2. The molecule has 1 aromatic rings. The first-order valence-electron chi connectivity index (χ1n) is 3.92. The Labute approximate surface area is 115 Å². The van der Waals surface area contributed by atoms with Crippen LogP contribution in [0.2, 0.25) is 0 Å². The molecule has 8 heteroatoms. The molecular weight excluding hydrogens is 258 g/mol. The van der Waals surface area contributed by atoms with Crippen molar-refractivity contribution in [1.29, 1.82) is 0 Å². The minimum Gasteiger partial charge on any atom is -0.544 e. The van der Waals surface area contributed by atoms with E-state index >= 15 is 0 Å². The molecule has 88 valence electrons. The van der Waals surface area contributed by atoms with E-state index in [1.54, 1.807) is 0 Å². The topological polar surface area (TPSA) is 40.1 Å². The Balaban J connectivity index is 0.00000256. The average molecular weight is 262 g/mol. The van der Waals surface area contributed by atoms with Crippen molar-refractivity contribution in [2.45, 2.75) is 12.1 Å². The molecule has 0 bridgehead atoms. The van der Waals surface area contributed by atoms with Crippen LogP contribution >= 0.6 is 0 Å². The molecule has 0 aromatic heterocycles. The molecule has 2 nitrogen and oxygen atoms in total. The number of halogens is 5. The summed E-state index contributed by atoms with van der Waals surface area (Å²) in [5.41, 5.74) is -2.19. The largest absolute Gasteiger partial charge is 1.00 e. The van der Waals surface area contributed by atoms with Gasteiger partial charge < -0.3 is 9.90 Å². The van der Waals surface area contributed by atoms with Gasteiger partial charge in [-0.15, -0.1) is 0 Å². The van der Waals surface area contributed by atoms with E-state index in [-0.39, 0.29) is 29.6 Å². The van der Waals surface area contributed by atoms with E-state index in [4.69, 9.17) is 0 Å². The molecule has 1 aromatic carbocycles. The molecule has 0 atom stereocenters. The number of alkyl halides is 5. The van der Waals surface area contributed by atoms with Crippen molar-refractivity contribution in [2.24, 2.45) is 0 Å². The zero-order chi connectivity index (χ0) is 12.6. The third-order valence-electron chi connectivity index (χ3n) is 1.83. The Morgan fingerprint density at radius 2 is 1.29 bits per heavy atom. The second-order valence-corrected chi connectivity index (χ2v) is 2.94. The molecule has 0 spiro atoms. The van der Waals surface area contributed by atoms with Crippen LogP contribution in [-0.2, 0) is 16.9 Å². The zero-order valence-corrected chi connectivity index (χ0v) is 10.5. The van der Waals surface area contributed by atoms with Crippen molar-refractivity contribution in [3.63, 3.8) is 0 Å². The number of carboxylic acid groups (broad SMARTS) is 1. The van der Waals surface area contributed by atoms with Crippen molar-refractivity contribution in [3.8, 4) is 0 Å². The number of hydrogen-bond donors (Lipinski definition) is 0. The van der Waals surface area contributed by atoms with Gasteiger partial charge in [-0.25, -0.2) is 0 Å². The fraction of sp³-hybridized carbons (Fsp3) is 0.222. The van der Waals surface area contributed by atoms with E-state index in [1.165, 1.54) is 0 Å². The summed E-state index contributed by atoms with van der Waals surface area (Å²) in [5, 5.41) is 10.0. The van der Waals surface area contributed by atoms with Gasteiger partial charge in [-0.3, -0.25) is 0 Å². The van der Waals surface area contributed by atoms with Crippen LogP contribution in [0, 0.1) is 0 Å². The van der Waals surface area contributed by atoms with E-state index in [1.807, 2.05) is 0 Å². The molecule has 0 N–H and O–H groups in total. The van der Waals surface area contributed by atoms with Gasteiger partial charge in [0.25, 0.3) is 0 Å². The summed E-state index contributed by atoms with van der Waals surface area (Å²) < 4.78 is 61.7. The molecule has 0 aliphatic carbocycles. The number of hydrogen-bond acceptors (Lipinski definition) is 2. The summed E-state index contributed by atoms with van der Waals surface area (Å²) in [4.78, 5) is 10.0. The maximum atomic E-state index is 12.8. The van der Waals surface area contributed by atoms with Crippen molar-refractivity contribution in [2.75, 3.05) is 0 Å². The van der Waals surface area contributed by atoms with Crippen LogP contribution in [0.15, 0.2) is 24.3 Å². The number of carboxylic acids is 1. The van der Waals surface area contributed by atoms with E-state index in [0.29, 0.717) is 24.3 Å². The second-order valence-electron chi connectivity index (χ2n) is 2.94. The van der Waals surface area contributed by atoms with Gasteiger partial charge >= 0.3 is 41.7 Å². The Kier molecular flexibility index (Phi) is 5.12. The van der Waals surface area contributed by atoms with Gasteiger partial charge in [0.1, 0.15) is 5.97 Å². The van der Waals surface area contributed by atoms with Crippen LogP contribution in [0.1, 0.15) is 11.1 Å². The first-order chi connectivity index (χ1) is 7.15. The van der Waals surface area contributed by atoms with Gasteiger partial charge in [0, 0.05) is 5.56 Å². The molecule has 1 rings (SSSR count). The number of carbonyl (C=O) groups excluding carboxylic acids is 1. The number of benzene rings is 1. The van der Waals surface area contributed by atoms with E-state index in [2.05, 4.69) is 0 Å². The Morgan fingerprint density at radius 1 is 0.941 bits per heavy atom. The molecule has 0 aliphatic heterocycles. The van der Waals surface area contributed by atoms with Gasteiger partial charge in [-0.05, 0) is 12.1 Å². The summed E-state index contributed by atoms with van der Waals surface area (Å²) in [5.74, 6) is -6.96. The minimum absolute atomic E-state index is 0. The quantitative estimate of drug-likeness (QED) is 0.483. The maximum Gasteiger partial charge on any atom is 1.00 e. The van der Waals surface area contributed by atoms with Crippen LogP contribution in [0.5, 0.6) is 0 Å². The number of carbonyl (C=O) groups is 1. The van der Waals surface area contributed by atoms with Crippen molar-refractivity contribution >= 4 is 5.97 Å². The Morgan fingerprint density at radius 3 is 1.59 bits per heavy atom. The SMILES string of the molecule is O=C([O-])C(F)(F)c1ccc(C(F)(F)F)cc1.[Na+]. The summed E-state index contributed by atoms with van der Waals surface area (Å²) in [6.45, 7) is 0. The third-order valence-corrected chi connectivity index (χ3v) is 1.83. The molecule has 0 fully saturated rings. The normalized spacial score (nSPS) is 11.8. The standard InChI is InChI=1S/C9H5F5O2.Na/c10-8(11,7(15)16)5-1-3-6(4-2-5)9(12,13)14;/h1-4H,(H,15,16);/q;+1/p-1. The fourth-order valence-corrected chi connectivity index (χ4v) is 0.986. The Hall–Kier alpha value is -0.660. The predicted octanol–water partition coefficient (Wildman–Crippen LogP) is -1.45. The molecule has 0 unspecified atom stereocenters. The summed E-state index contributed by atoms with van der Waals surface area (Å²) in [6, 6.07) is 1.57. The van der Waals surface area contributed by atoms with Gasteiger partial charge in [0.15, 0.2) is 0 Å². The van der Waals surface area contributed by atoms with Crippen molar-refractivity contribution < 1.29 is 61.4 Å². The zero-order valence-electron chi connectivity index (χ0n) is 8.52. The van der Waals surface area contributed by atoms with Crippen LogP contribution < -0.4 is 34.7 Å². The van der Waals surface area contributed by atoms with E-state index in [9.17, 15) is 31.9 Å². The third kappa shape index (κ3) is 3.65. The molecule has 0 radical (unpaired) electrons. The Bertz CT molecular complexity index is 399. The second kappa shape index (κ2) is 5.32. The smallest absolute Gasteiger partial charge is 0.544 e. The summed E-state index contributed by atoms with van der Waals surface area (Å²) >= 11 is 0. The summed E-state index contributed by atoms with van der Waals surface area (Å²) in [7, 11) is 0. The summed E-state index contributed by atoms with van der Waals surface area (Å²) in [6.07, 6.45) is -4.66. The maximum absolute atomic E-state index is 12.8. The number of aliphatic carboxylic acids is 1. The van der Waals surface area contributed by atoms with Crippen molar-refractivity contribution in [1.82, 2.24) is 0 Å². The van der Waals surface area contributed by atoms with E-state index in [0.717, 1.165) is 0 Å². The number of rotatable bonds is 2. The molecule has 0 aliphatic rings. The van der Waals surface area contributed by atoms with Crippen LogP contribution in [0.3, 0.4) is 0 Å².